The van der Waals surface area contributed by atoms with E-state index in [2.05, 4.69) is 10.4 Å². The molecule has 1 amide bonds. The zero-order valence-corrected chi connectivity index (χ0v) is 10.7. The Balaban J connectivity index is 2.21. The van der Waals surface area contributed by atoms with Crippen LogP contribution >= 0.6 is 11.6 Å². The van der Waals surface area contributed by atoms with Crippen LogP contribution in [0.3, 0.4) is 0 Å². The molecule has 0 aliphatic rings. The first-order valence-electron chi connectivity index (χ1n) is 5.27. The van der Waals surface area contributed by atoms with Crippen LogP contribution in [0, 0.1) is 6.92 Å². The van der Waals surface area contributed by atoms with Gasteiger partial charge in [0.2, 0.25) is 0 Å². The van der Waals surface area contributed by atoms with Gasteiger partial charge < -0.3 is 10.4 Å². The summed E-state index contributed by atoms with van der Waals surface area (Å²) in [6.07, 6.45) is 1.64. The molecule has 94 valence electrons. The number of aromatic hydroxyl groups is 1. The van der Waals surface area contributed by atoms with Gasteiger partial charge in [-0.2, -0.15) is 5.10 Å². The number of phenols is 1. The van der Waals surface area contributed by atoms with E-state index in [1.165, 1.54) is 12.1 Å². The Morgan fingerprint density at radius 1 is 1.50 bits per heavy atom. The van der Waals surface area contributed by atoms with Crippen molar-refractivity contribution in [3.8, 4) is 5.75 Å². The molecule has 2 N–H and O–H groups in total. The summed E-state index contributed by atoms with van der Waals surface area (Å²) in [5.74, 6) is -0.348. The molecule has 2 aromatic rings. The maximum absolute atomic E-state index is 12.0. The number of rotatable bonds is 2. The molecule has 5 nitrogen and oxygen atoms in total. The zero-order chi connectivity index (χ0) is 13.3. The maximum atomic E-state index is 12.0. The van der Waals surface area contributed by atoms with Crippen LogP contribution in [0.15, 0.2) is 24.4 Å². The minimum Gasteiger partial charge on any atom is -0.506 e. The van der Waals surface area contributed by atoms with Crippen LogP contribution in [0.25, 0.3) is 0 Å². The molecule has 0 spiro atoms. The zero-order valence-electron chi connectivity index (χ0n) is 9.94. The van der Waals surface area contributed by atoms with E-state index < -0.39 is 0 Å². The standard InChI is InChI=1S/C12H12ClN3O2/c1-7-9(6-16(2)15-7)12(18)14-8-3-4-10(13)11(17)5-8/h3-6,17H,1-2H3,(H,14,18). The minimum absolute atomic E-state index is 0.0719. The van der Waals surface area contributed by atoms with E-state index in [1.54, 1.807) is 30.9 Å². The Hall–Kier alpha value is -2.01. The van der Waals surface area contributed by atoms with E-state index in [0.717, 1.165) is 0 Å². The molecule has 0 aliphatic carbocycles. The van der Waals surface area contributed by atoms with Crippen LogP contribution in [-0.4, -0.2) is 20.8 Å². The van der Waals surface area contributed by atoms with Crippen molar-refractivity contribution in [2.75, 3.05) is 5.32 Å². The normalized spacial score (nSPS) is 10.4. The summed E-state index contributed by atoms with van der Waals surface area (Å²) in [4.78, 5) is 12.0. The lowest BCUT2D eigenvalue weighted by atomic mass is 10.2. The summed E-state index contributed by atoms with van der Waals surface area (Å²) in [5, 5.41) is 16.4. The monoisotopic (exact) mass is 265 g/mol. The molecular weight excluding hydrogens is 254 g/mol. The topological polar surface area (TPSA) is 67.2 Å². The third kappa shape index (κ3) is 2.46. The molecule has 0 aliphatic heterocycles. The van der Waals surface area contributed by atoms with Crippen LogP contribution in [0.4, 0.5) is 5.69 Å². The number of carbonyl (C=O) groups is 1. The number of phenolic OH excluding ortho intramolecular Hbond substituents is 1. The fourth-order valence-electron chi connectivity index (χ4n) is 1.61. The Morgan fingerprint density at radius 3 is 2.78 bits per heavy atom. The van der Waals surface area contributed by atoms with E-state index in [1.807, 2.05) is 0 Å². The van der Waals surface area contributed by atoms with E-state index in [-0.39, 0.29) is 16.7 Å². The highest BCUT2D eigenvalue weighted by Crippen LogP contribution is 2.26. The predicted molar refractivity (Wildman–Crippen MR) is 69.0 cm³/mol. The van der Waals surface area contributed by atoms with Gasteiger partial charge in [0.05, 0.1) is 16.3 Å². The molecule has 6 heteroatoms. The summed E-state index contributed by atoms with van der Waals surface area (Å²) in [7, 11) is 1.75. The van der Waals surface area contributed by atoms with E-state index in [0.29, 0.717) is 16.9 Å². The Bertz CT molecular complexity index is 607. The van der Waals surface area contributed by atoms with Crippen molar-refractivity contribution in [1.82, 2.24) is 9.78 Å². The number of hydrogen-bond acceptors (Lipinski definition) is 3. The van der Waals surface area contributed by atoms with Crippen LogP contribution < -0.4 is 5.32 Å². The highest BCUT2D eigenvalue weighted by Gasteiger charge is 2.13. The first-order valence-corrected chi connectivity index (χ1v) is 5.65. The van der Waals surface area contributed by atoms with Gasteiger partial charge in [0, 0.05) is 25.0 Å². The number of amides is 1. The quantitative estimate of drug-likeness (QED) is 0.876. The predicted octanol–water partition coefficient (Wildman–Crippen LogP) is 2.34. The van der Waals surface area contributed by atoms with Crippen LogP contribution in [-0.2, 0) is 7.05 Å². The lowest BCUT2D eigenvalue weighted by Crippen LogP contribution is -2.12. The number of aromatic nitrogens is 2. The molecule has 1 aromatic carbocycles. The average molecular weight is 266 g/mol. The lowest BCUT2D eigenvalue weighted by Gasteiger charge is -2.05. The highest BCUT2D eigenvalue weighted by atomic mass is 35.5. The number of aryl methyl sites for hydroxylation is 2. The Labute approximate surface area is 109 Å². The molecule has 0 radical (unpaired) electrons. The van der Waals surface area contributed by atoms with Crippen LogP contribution in [0.5, 0.6) is 5.75 Å². The van der Waals surface area contributed by atoms with Gasteiger partial charge in [-0.05, 0) is 19.1 Å². The van der Waals surface area contributed by atoms with Gasteiger partial charge in [0.1, 0.15) is 5.75 Å². The molecule has 1 aromatic heterocycles. The minimum atomic E-state index is -0.276. The molecule has 1 heterocycles. The second-order valence-corrected chi connectivity index (χ2v) is 4.33. The lowest BCUT2D eigenvalue weighted by molar-refractivity contribution is 0.102. The SMILES string of the molecule is Cc1nn(C)cc1C(=O)Nc1ccc(Cl)c(O)c1. The van der Waals surface area contributed by atoms with Gasteiger partial charge in [-0.15, -0.1) is 0 Å². The molecule has 0 unspecified atom stereocenters. The number of nitrogens with one attached hydrogen (secondary N) is 1. The van der Waals surface area contributed by atoms with Gasteiger partial charge >= 0.3 is 0 Å². The van der Waals surface area contributed by atoms with Crippen molar-refractivity contribution < 1.29 is 9.90 Å². The van der Waals surface area contributed by atoms with Crippen LogP contribution in [0.1, 0.15) is 16.1 Å². The first kappa shape index (κ1) is 12.4. The third-order valence-electron chi connectivity index (χ3n) is 2.46. The average Bonchev–Trinajstić information content (AvgIpc) is 2.63. The second kappa shape index (κ2) is 4.70. The van der Waals surface area contributed by atoms with Crippen molar-refractivity contribution in [2.45, 2.75) is 6.92 Å². The molecular formula is C12H12ClN3O2. The fourth-order valence-corrected chi connectivity index (χ4v) is 1.73. The van der Waals surface area contributed by atoms with Crippen molar-refractivity contribution in [3.05, 3.63) is 40.7 Å². The summed E-state index contributed by atoms with van der Waals surface area (Å²) >= 11 is 5.69. The van der Waals surface area contributed by atoms with Gasteiger partial charge in [-0.1, -0.05) is 11.6 Å². The molecule has 18 heavy (non-hydrogen) atoms. The van der Waals surface area contributed by atoms with Gasteiger partial charge in [-0.25, -0.2) is 0 Å². The molecule has 0 saturated heterocycles. The smallest absolute Gasteiger partial charge is 0.259 e. The first-order chi connectivity index (χ1) is 8.47. The van der Waals surface area contributed by atoms with E-state index in [9.17, 15) is 9.90 Å². The van der Waals surface area contributed by atoms with Crippen molar-refractivity contribution in [1.29, 1.82) is 0 Å². The van der Waals surface area contributed by atoms with Crippen molar-refractivity contribution in [2.24, 2.45) is 7.05 Å². The number of benzene rings is 1. The molecule has 0 atom stereocenters. The van der Waals surface area contributed by atoms with E-state index in [4.69, 9.17) is 11.6 Å². The highest BCUT2D eigenvalue weighted by molar-refractivity contribution is 6.32. The maximum Gasteiger partial charge on any atom is 0.259 e. The summed E-state index contributed by atoms with van der Waals surface area (Å²) < 4.78 is 1.57. The largest absolute Gasteiger partial charge is 0.506 e. The number of carbonyl (C=O) groups excluding carboxylic acids is 1. The Kier molecular flexibility index (Phi) is 3.25. The van der Waals surface area contributed by atoms with Crippen molar-refractivity contribution in [3.63, 3.8) is 0 Å². The molecule has 2 rings (SSSR count). The number of halogens is 1. The van der Waals surface area contributed by atoms with E-state index >= 15 is 0 Å². The molecule has 0 fully saturated rings. The second-order valence-electron chi connectivity index (χ2n) is 3.92. The molecule has 0 bridgehead atoms. The van der Waals surface area contributed by atoms with Crippen molar-refractivity contribution >= 4 is 23.2 Å². The number of nitrogens with zero attached hydrogens (tertiary/aromatic N) is 2. The summed E-state index contributed by atoms with van der Waals surface area (Å²) in [6, 6.07) is 4.53. The van der Waals surface area contributed by atoms with Gasteiger partial charge in [-0.3, -0.25) is 9.48 Å². The van der Waals surface area contributed by atoms with Gasteiger partial charge in [0.15, 0.2) is 0 Å². The third-order valence-corrected chi connectivity index (χ3v) is 2.78. The summed E-state index contributed by atoms with van der Waals surface area (Å²) in [6.45, 7) is 1.76. The number of hydrogen-bond donors (Lipinski definition) is 2. The Morgan fingerprint density at radius 2 is 2.22 bits per heavy atom. The summed E-state index contributed by atoms with van der Waals surface area (Å²) in [5.41, 5.74) is 1.62. The fraction of sp³-hybridized carbons (Fsp3) is 0.167. The van der Waals surface area contributed by atoms with Gasteiger partial charge in [0.25, 0.3) is 5.91 Å². The van der Waals surface area contributed by atoms with Crippen LogP contribution in [0.2, 0.25) is 5.02 Å². The number of anilines is 1. The molecule has 0 saturated carbocycles.